The molecule has 1 aliphatic rings. The van der Waals surface area contributed by atoms with Gasteiger partial charge in [-0.15, -0.1) is 0 Å². The topological polar surface area (TPSA) is 52.6 Å². The molecule has 1 saturated carbocycles. The fourth-order valence-corrected chi connectivity index (χ4v) is 2.95. The van der Waals surface area contributed by atoms with E-state index >= 15 is 0 Å². The van der Waals surface area contributed by atoms with Crippen molar-refractivity contribution in [3.8, 4) is 0 Å². The van der Waals surface area contributed by atoms with Crippen LogP contribution >= 0.6 is 0 Å². The van der Waals surface area contributed by atoms with Crippen LogP contribution < -0.4 is 0 Å². The molecule has 0 atom stereocenters. The second-order valence-corrected chi connectivity index (χ2v) is 7.00. The lowest BCUT2D eigenvalue weighted by Gasteiger charge is -2.21. The smallest absolute Gasteiger partial charge is 0.338 e. The van der Waals surface area contributed by atoms with E-state index in [0.29, 0.717) is 36.2 Å². The Kier molecular flexibility index (Phi) is 7.29. The van der Waals surface area contributed by atoms with Crippen LogP contribution in [0.2, 0.25) is 0 Å². The van der Waals surface area contributed by atoms with E-state index in [1.54, 1.807) is 24.3 Å². The molecule has 1 fully saturated rings. The second-order valence-electron chi connectivity index (χ2n) is 7.00. The number of carbonyl (C=O) groups is 2. The molecule has 24 heavy (non-hydrogen) atoms. The van der Waals surface area contributed by atoms with Gasteiger partial charge in [0.1, 0.15) is 0 Å². The SMILES string of the molecule is CC(C)COC(=O)c1ccc(C(=O)OCCC2CCCCC2)cc1. The molecular formula is C20H28O4. The van der Waals surface area contributed by atoms with Crippen molar-refractivity contribution in [2.45, 2.75) is 52.4 Å². The molecule has 0 saturated heterocycles. The van der Waals surface area contributed by atoms with E-state index in [1.165, 1.54) is 32.1 Å². The number of ether oxygens (including phenoxy) is 2. The highest BCUT2D eigenvalue weighted by Gasteiger charge is 2.15. The highest BCUT2D eigenvalue weighted by Crippen LogP contribution is 2.26. The van der Waals surface area contributed by atoms with Gasteiger partial charge in [-0.05, 0) is 42.5 Å². The Morgan fingerprint density at radius 3 is 2.04 bits per heavy atom. The maximum Gasteiger partial charge on any atom is 0.338 e. The van der Waals surface area contributed by atoms with Crippen LogP contribution in [0.3, 0.4) is 0 Å². The molecular weight excluding hydrogens is 304 g/mol. The summed E-state index contributed by atoms with van der Waals surface area (Å²) < 4.78 is 10.5. The number of hydrogen-bond acceptors (Lipinski definition) is 4. The van der Waals surface area contributed by atoms with Crippen molar-refractivity contribution in [3.63, 3.8) is 0 Å². The molecule has 4 nitrogen and oxygen atoms in total. The van der Waals surface area contributed by atoms with E-state index in [1.807, 2.05) is 13.8 Å². The van der Waals surface area contributed by atoms with Crippen LogP contribution in [0.25, 0.3) is 0 Å². The average molecular weight is 332 g/mol. The summed E-state index contributed by atoms with van der Waals surface area (Å²) in [5, 5.41) is 0. The zero-order valence-electron chi connectivity index (χ0n) is 14.8. The first-order chi connectivity index (χ1) is 11.6. The molecule has 2 rings (SSSR count). The molecule has 0 spiro atoms. The number of rotatable bonds is 7. The van der Waals surface area contributed by atoms with Gasteiger partial charge in [0.2, 0.25) is 0 Å². The molecule has 0 radical (unpaired) electrons. The van der Waals surface area contributed by atoms with Crippen molar-refractivity contribution in [1.29, 1.82) is 0 Å². The van der Waals surface area contributed by atoms with E-state index in [4.69, 9.17) is 9.47 Å². The molecule has 1 aromatic rings. The lowest BCUT2D eigenvalue weighted by atomic mass is 9.87. The summed E-state index contributed by atoms with van der Waals surface area (Å²) >= 11 is 0. The van der Waals surface area contributed by atoms with Gasteiger partial charge in [0.05, 0.1) is 24.3 Å². The predicted molar refractivity (Wildman–Crippen MR) is 93.0 cm³/mol. The number of benzene rings is 1. The molecule has 0 aliphatic heterocycles. The van der Waals surface area contributed by atoms with Gasteiger partial charge in [0.25, 0.3) is 0 Å². The zero-order chi connectivity index (χ0) is 17.4. The zero-order valence-corrected chi connectivity index (χ0v) is 14.8. The van der Waals surface area contributed by atoms with Crippen LogP contribution in [-0.4, -0.2) is 25.2 Å². The van der Waals surface area contributed by atoms with Gasteiger partial charge < -0.3 is 9.47 Å². The summed E-state index contributed by atoms with van der Waals surface area (Å²) in [5.74, 6) is 0.311. The predicted octanol–water partition coefficient (Wildman–Crippen LogP) is 4.63. The molecule has 0 unspecified atom stereocenters. The van der Waals surface area contributed by atoms with Crippen LogP contribution in [0.15, 0.2) is 24.3 Å². The van der Waals surface area contributed by atoms with E-state index in [2.05, 4.69) is 0 Å². The van der Waals surface area contributed by atoms with Crippen LogP contribution in [0.4, 0.5) is 0 Å². The molecule has 1 aromatic carbocycles. The van der Waals surface area contributed by atoms with E-state index < -0.39 is 0 Å². The van der Waals surface area contributed by atoms with Crippen LogP contribution in [0.5, 0.6) is 0 Å². The number of esters is 2. The Labute approximate surface area is 144 Å². The van der Waals surface area contributed by atoms with Gasteiger partial charge >= 0.3 is 11.9 Å². The molecule has 0 heterocycles. The Balaban J connectivity index is 1.76. The first-order valence-corrected chi connectivity index (χ1v) is 9.00. The van der Waals surface area contributed by atoms with Gasteiger partial charge in [-0.25, -0.2) is 9.59 Å². The first kappa shape index (κ1) is 18.5. The highest BCUT2D eigenvalue weighted by atomic mass is 16.5. The fourth-order valence-electron chi connectivity index (χ4n) is 2.95. The molecule has 0 amide bonds. The number of hydrogen-bond donors (Lipinski definition) is 0. The highest BCUT2D eigenvalue weighted by molar-refractivity contribution is 5.93. The van der Waals surface area contributed by atoms with Crippen LogP contribution in [0.1, 0.15) is 73.1 Å². The van der Waals surface area contributed by atoms with Gasteiger partial charge in [-0.3, -0.25) is 0 Å². The summed E-state index contributed by atoms with van der Waals surface area (Å²) in [6.45, 7) is 4.84. The summed E-state index contributed by atoms with van der Waals surface area (Å²) in [6.07, 6.45) is 7.39. The third kappa shape index (κ3) is 5.99. The molecule has 132 valence electrons. The summed E-state index contributed by atoms with van der Waals surface area (Å²) in [5.41, 5.74) is 0.924. The third-order valence-electron chi connectivity index (χ3n) is 4.39. The van der Waals surface area contributed by atoms with Crippen LogP contribution in [0, 0.1) is 11.8 Å². The first-order valence-electron chi connectivity index (χ1n) is 9.00. The van der Waals surface area contributed by atoms with Gasteiger partial charge in [0.15, 0.2) is 0 Å². The van der Waals surface area contributed by atoms with Gasteiger partial charge in [-0.1, -0.05) is 46.0 Å². The Bertz CT molecular complexity index is 527. The maximum atomic E-state index is 12.0. The van der Waals surface area contributed by atoms with Crippen molar-refractivity contribution in [1.82, 2.24) is 0 Å². The lowest BCUT2D eigenvalue weighted by Crippen LogP contribution is -2.13. The van der Waals surface area contributed by atoms with Crippen molar-refractivity contribution in [3.05, 3.63) is 35.4 Å². The normalized spacial score (nSPS) is 15.3. The molecule has 0 aromatic heterocycles. The number of carbonyl (C=O) groups excluding carboxylic acids is 2. The maximum absolute atomic E-state index is 12.0. The standard InChI is InChI=1S/C20H28O4/c1-15(2)14-24-20(22)18-10-8-17(9-11-18)19(21)23-13-12-16-6-4-3-5-7-16/h8-11,15-16H,3-7,12-14H2,1-2H3. The van der Waals surface area contributed by atoms with Gasteiger partial charge in [0, 0.05) is 0 Å². The van der Waals surface area contributed by atoms with Crippen molar-refractivity contribution in [2.24, 2.45) is 11.8 Å². The lowest BCUT2D eigenvalue weighted by molar-refractivity contribution is 0.0450. The molecule has 1 aliphatic carbocycles. The van der Waals surface area contributed by atoms with Crippen molar-refractivity contribution < 1.29 is 19.1 Å². The average Bonchev–Trinajstić information content (AvgIpc) is 2.60. The van der Waals surface area contributed by atoms with Crippen LogP contribution in [-0.2, 0) is 9.47 Å². The Morgan fingerprint density at radius 1 is 0.958 bits per heavy atom. The monoisotopic (exact) mass is 332 g/mol. The molecule has 4 heteroatoms. The minimum Gasteiger partial charge on any atom is -0.462 e. The van der Waals surface area contributed by atoms with Gasteiger partial charge in [-0.2, -0.15) is 0 Å². The quantitative estimate of drug-likeness (QED) is 0.683. The van der Waals surface area contributed by atoms with E-state index in [-0.39, 0.29) is 11.9 Å². The minimum atomic E-state index is -0.360. The second kappa shape index (κ2) is 9.45. The summed E-state index contributed by atoms with van der Waals surface area (Å²) in [6, 6.07) is 6.46. The Hall–Kier alpha value is -1.84. The minimum absolute atomic E-state index is 0.298. The summed E-state index contributed by atoms with van der Waals surface area (Å²) in [7, 11) is 0. The fraction of sp³-hybridized carbons (Fsp3) is 0.600. The van der Waals surface area contributed by atoms with Crippen molar-refractivity contribution in [2.75, 3.05) is 13.2 Å². The largest absolute Gasteiger partial charge is 0.462 e. The Morgan fingerprint density at radius 2 is 1.50 bits per heavy atom. The molecule has 0 bridgehead atoms. The molecule has 0 N–H and O–H groups in total. The summed E-state index contributed by atoms with van der Waals surface area (Å²) in [4.78, 5) is 23.9. The third-order valence-corrected chi connectivity index (χ3v) is 4.39. The van der Waals surface area contributed by atoms with Crippen molar-refractivity contribution >= 4 is 11.9 Å². The van der Waals surface area contributed by atoms with E-state index in [0.717, 1.165) is 6.42 Å². The van der Waals surface area contributed by atoms with E-state index in [9.17, 15) is 9.59 Å².